The number of hydrogen-bond donors (Lipinski definition) is 1. The van der Waals surface area contributed by atoms with E-state index in [0.29, 0.717) is 6.04 Å². The van der Waals surface area contributed by atoms with Gasteiger partial charge < -0.3 is 10.2 Å². The van der Waals surface area contributed by atoms with Crippen LogP contribution in [0.3, 0.4) is 0 Å². The van der Waals surface area contributed by atoms with Crippen molar-refractivity contribution in [1.82, 2.24) is 15.1 Å². The number of nitrogens with one attached hydrogen (secondary N) is 1. The van der Waals surface area contributed by atoms with Crippen LogP contribution in [0.2, 0.25) is 0 Å². The second-order valence-electron chi connectivity index (χ2n) is 6.94. The van der Waals surface area contributed by atoms with E-state index in [4.69, 9.17) is 0 Å². The smallest absolute Gasteiger partial charge is 0.0281 e. The fourth-order valence-electron chi connectivity index (χ4n) is 3.00. The van der Waals surface area contributed by atoms with Crippen LogP contribution >= 0.6 is 0 Å². The lowest BCUT2D eigenvalue weighted by Crippen LogP contribution is -2.58. The summed E-state index contributed by atoms with van der Waals surface area (Å²) in [6.45, 7) is 17.5. The van der Waals surface area contributed by atoms with E-state index >= 15 is 0 Å². The van der Waals surface area contributed by atoms with E-state index < -0.39 is 0 Å². The highest BCUT2D eigenvalue weighted by atomic mass is 15.3. The van der Waals surface area contributed by atoms with Gasteiger partial charge >= 0.3 is 0 Å². The molecule has 0 bridgehead atoms. The number of likely N-dealkylation sites (N-methyl/N-ethyl adjacent to an activating group) is 1. The Kier molecular flexibility index (Phi) is 6.09. The standard InChI is InChI=1S/C15H33N3/c1-13(2)11-14(3)17(6)12-15(4,5)18-9-7-16-8-10-18/h13-14,16H,7-12H2,1-6H3. The molecule has 108 valence electrons. The van der Waals surface area contributed by atoms with Crippen LogP contribution in [0.25, 0.3) is 0 Å². The molecule has 0 radical (unpaired) electrons. The van der Waals surface area contributed by atoms with Crippen molar-refractivity contribution in [2.24, 2.45) is 5.92 Å². The molecule has 0 spiro atoms. The number of nitrogens with zero attached hydrogens (tertiary/aromatic N) is 2. The maximum Gasteiger partial charge on any atom is 0.0281 e. The van der Waals surface area contributed by atoms with E-state index in [1.54, 1.807) is 0 Å². The molecule has 3 nitrogen and oxygen atoms in total. The van der Waals surface area contributed by atoms with Gasteiger partial charge in [-0.05, 0) is 40.2 Å². The monoisotopic (exact) mass is 255 g/mol. The van der Waals surface area contributed by atoms with Gasteiger partial charge in [-0.15, -0.1) is 0 Å². The van der Waals surface area contributed by atoms with Crippen LogP contribution in [-0.2, 0) is 0 Å². The van der Waals surface area contributed by atoms with Crippen LogP contribution in [0.5, 0.6) is 0 Å². The predicted octanol–water partition coefficient (Wildman–Crippen LogP) is 2.04. The summed E-state index contributed by atoms with van der Waals surface area (Å²) in [6, 6.07) is 0.673. The first-order valence-corrected chi connectivity index (χ1v) is 7.49. The first-order chi connectivity index (χ1) is 8.33. The summed E-state index contributed by atoms with van der Waals surface area (Å²) in [5.41, 5.74) is 0.280. The number of piperazine rings is 1. The maximum absolute atomic E-state index is 3.43. The Morgan fingerprint density at radius 1 is 1.17 bits per heavy atom. The van der Waals surface area contributed by atoms with E-state index in [9.17, 15) is 0 Å². The molecule has 0 aromatic rings. The van der Waals surface area contributed by atoms with Crippen molar-refractivity contribution in [3.05, 3.63) is 0 Å². The molecular formula is C15H33N3. The first kappa shape index (κ1) is 15.9. The molecule has 0 aromatic carbocycles. The molecule has 1 rings (SSSR count). The van der Waals surface area contributed by atoms with Crippen molar-refractivity contribution in [2.45, 2.75) is 52.6 Å². The van der Waals surface area contributed by atoms with Gasteiger partial charge in [-0.1, -0.05) is 13.8 Å². The predicted molar refractivity (Wildman–Crippen MR) is 80.1 cm³/mol. The van der Waals surface area contributed by atoms with Gasteiger partial charge in [-0.2, -0.15) is 0 Å². The van der Waals surface area contributed by atoms with Gasteiger partial charge in [0.15, 0.2) is 0 Å². The van der Waals surface area contributed by atoms with Crippen molar-refractivity contribution in [1.29, 1.82) is 0 Å². The highest BCUT2D eigenvalue weighted by molar-refractivity contribution is 4.88. The van der Waals surface area contributed by atoms with Crippen LogP contribution in [0.15, 0.2) is 0 Å². The minimum absolute atomic E-state index is 0.280. The van der Waals surface area contributed by atoms with Crippen LogP contribution in [0.4, 0.5) is 0 Å². The third kappa shape index (κ3) is 4.87. The topological polar surface area (TPSA) is 18.5 Å². The second-order valence-corrected chi connectivity index (χ2v) is 6.94. The lowest BCUT2D eigenvalue weighted by molar-refractivity contribution is 0.0572. The third-order valence-corrected chi connectivity index (χ3v) is 4.17. The molecule has 1 aliphatic rings. The Labute approximate surface area is 114 Å². The second kappa shape index (κ2) is 6.88. The Morgan fingerprint density at radius 3 is 2.22 bits per heavy atom. The summed E-state index contributed by atoms with van der Waals surface area (Å²) < 4.78 is 0. The zero-order chi connectivity index (χ0) is 13.8. The van der Waals surface area contributed by atoms with Gasteiger partial charge in [0, 0.05) is 44.3 Å². The van der Waals surface area contributed by atoms with Crippen molar-refractivity contribution in [3.63, 3.8) is 0 Å². The van der Waals surface area contributed by atoms with Gasteiger partial charge in [-0.3, -0.25) is 4.90 Å². The van der Waals surface area contributed by atoms with Gasteiger partial charge in [0.2, 0.25) is 0 Å². The van der Waals surface area contributed by atoms with Crippen molar-refractivity contribution in [3.8, 4) is 0 Å². The molecule has 0 amide bonds. The average Bonchev–Trinajstić information content (AvgIpc) is 2.28. The molecule has 1 aliphatic heterocycles. The largest absolute Gasteiger partial charge is 0.314 e. The lowest BCUT2D eigenvalue weighted by atomic mass is 9.98. The molecule has 1 atom stereocenters. The van der Waals surface area contributed by atoms with Crippen LogP contribution in [-0.4, -0.2) is 61.2 Å². The maximum atomic E-state index is 3.43. The molecule has 3 heteroatoms. The molecule has 1 fully saturated rings. The summed E-state index contributed by atoms with van der Waals surface area (Å²) >= 11 is 0. The molecule has 0 saturated carbocycles. The van der Waals surface area contributed by atoms with Crippen LogP contribution in [0.1, 0.15) is 41.0 Å². The molecule has 0 aliphatic carbocycles. The SMILES string of the molecule is CC(C)CC(C)N(C)CC(C)(C)N1CCNCC1. The Balaban J connectivity index is 2.47. The number of hydrogen-bond acceptors (Lipinski definition) is 3. The summed E-state index contributed by atoms with van der Waals surface area (Å²) in [7, 11) is 2.27. The van der Waals surface area contributed by atoms with Crippen molar-refractivity contribution >= 4 is 0 Å². The summed E-state index contributed by atoms with van der Waals surface area (Å²) in [5.74, 6) is 0.782. The van der Waals surface area contributed by atoms with E-state index in [-0.39, 0.29) is 5.54 Å². The molecule has 1 heterocycles. The van der Waals surface area contributed by atoms with Crippen molar-refractivity contribution in [2.75, 3.05) is 39.8 Å². The molecule has 18 heavy (non-hydrogen) atoms. The fourth-order valence-corrected chi connectivity index (χ4v) is 3.00. The fraction of sp³-hybridized carbons (Fsp3) is 1.00. The van der Waals surface area contributed by atoms with E-state index in [2.05, 4.69) is 56.8 Å². The quantitative estimate of drug-likeness (QED) is 0.783. The molecule has 1 saturated heterocycles. The summed E-state index contributed by atoms with van der Waals surface area (Å²) in [5, 5.41) is 3.43. The normalized spacial score (nSPS) is 20.7. The molecular weight excluding hydrogens is 222 g/mol. The van der Waals surface area contributed by atoms with E-state index in [1.807, 2.05) is 0 Å². The number of rotatable bonds is 6. The van der Waals surface area contributed by atoms with Crippen LogP contribution < -0.4 is 5.32 Å². The Hall–Kier alpha value is -0.120. The average molecular weight is 255 g/mol. The zero-order valence-corrected chi connectivity index (χ0v) is 13.3. The van der Waals surface area contributed by atoms with Gasteiger partial charge in [-0.25, -0.2) is 0 Å². The Morgan fingerprint density at radius 2 is 1.72 bits per heavy atom. The van der Waals surface area contributed by atoms with Gasteiger partial charge in [0.1, 0.15) is 0 Å². The van der Waals surface area contributed by atoms with Gasteiger partial charge in [0.05, 0.1) is 0 Å². The lowest BCUT2D eigenvalue weighted by Gasteiger charge is -2.44. The van der Waals surface area contributed by atoms with Gasteiger partial charge in [0.25, 0.3) is 0 Å². The minimum Gasteiger partial charge on any atom is -0.314 e. The molecule has 1 unspecified atom stereocenters. The van der Waals surface area contributed by atoms with Crippen LogP contribution in [0, 0.1) is 5.92 Å². The highest BCUT2D eigenvalue weighted by Gasteiger charge is 2.30. The third-order valence-electron chi connectivity index (χ3n) is 4.17. The van der Waals surface area contributed by atoms with E-state index in [0.717, 1.165) is 25.6 Å². The molecule has 1 N–H and O–H groups in total. The summed E-state index contributed by atoms with van der Waals surface area (Å²) in [6.07, 6.45) is 1.29. The highest BCUT2D eigenvalue weighted by Crippen LogP contribution is 2.19. The van der Waals surface area contributed by atoms with Crippen molar-refractivity contribution < 1.29 is 0 Å². The summed E-state index contributed by atoms with van der Waals surface area (Å²) in [4.78, 5) is 5.16. The molecule has 0 aromatic heterocycles. The zero-order valence-electron chi connectivity index (χ0n) is 13.3. The first-order valence-electron chi connectivity index (χ1n) is 7.49. The van der Waals surface area contributed by atoms with E-state index in [1.165, 1.54) is 19.5 Å². The Bertz CT molecular complexity index is 232. The minimum atomic E-state index is 0.280.